The van der Waals surface area contributed by atoms with Gasteiger partial charge in [-0.2, -0.15) is 0 Å². The lowest BCUT2D eigenvalue weighted by Crippen LogP contribution is -2.49. The molecule has 2 aromatic carbocycles. The molecule has 7 heteroatoms. The summed E-state index contributed by atoms with van der Waals surface area (Å²) in [6, 6.07) is 15.0. The Balaban J connectivity index is 1.03. The van der Waals surface area contributed by atoms with Crippen molar-refractivity contribution in [3.63, 3.8) is 0 Å². The molecular formula is C28H32N2O5. The number of piperidine rings is 1. The maximum Gasteiger partial charge on any atom is 0.256 e. The highest BCUT2D eigenvalue weighted by Crippen LogP contribution is 2.51. The maximum atomic E-state index is 13.3. The first-order valence-electron chi connectivity index (χ1n) is 12.8. The molecule has 0 spiro atoms. The van der Waals surface area contributed by atoms with Gasteiger partial charge in [0.2, 0.25) is 12.7 Å². The zero-order valence-electron chi connectivity index (χ0n) is 19.8. The number of hydrogen-bond donors (Lipinski definition) is 2. The molecule has 2 saturated carbocycles. The number of carbonyl (C=O) groups is 2. The molecule has 2 N–H and O–H groups in total. The number of hydrogen-bond acceptors (Lipinski definition) is 5. The zero-order chi connectivity index (χ0) is 24.0. The number of rotatable bonds is 7. The molecule has 3 fully saturated rings. The van der Waals surface area contributed by atoms with Crippen LogP contribution in [0.2, 0.25) is 0 Å². The van der Waals surface area contributed by atoms with Crippen molar-refractivity contribution in [1.29, 1.82) is 0 Å². The standard InChI is InChI=1S/C28H32N2O5/c31-26(13-18-10-11-24-25(12-18)35-17-34-24)30-15-22-21(23(22)16-30)14-29-27(32)28(33,20-8-4-5-9-20)19-6-2-1-3-7-19/h1-3,6-7,10-12,20-23,33H,4-5,8-9,13-17H2,(H,29,32)/t21-,22-,23?,28?/m1/s1. The van der Waals surface area contributed by atoms with Crippen LogP contribution in [0.15, 0.2) is 48.5 Å². The highest BCUT2D eigenvalue weighted by molar-refractivity contribution is 5.87. The van der Waals surface area contributed by atoms with E-state index in [-0.39, 0.29) is 24.5 Å². The van der Waals surface area contributed by atoms with E-state index in [0.29, 0.717) is 42.0 Å². The fourth-order valence-electron chi connectivity index (χ4n) is 6.43. The number of amides is 2. The molecule has 0 radical (unpaired) electrons. The second-order valence-corrected chi connectivity index (χ2v) is 10.5. The van der Waals surface area contributed by atoms with Gasteiger partial charge in [0.25, 0.3) is 5.91 Å². The molecule has 2 aromatic rings. The first kappa shape index (κ1) is 22.4. The van der Waals surface area contributed by atoms with Crippen LogP contribution in [0.1, 0.15) is 36.8 Å². The first-order chi connectivity index (χ1) is 17.0. The van der Waals surface area contributed by atoms with Gasteiger partial charge in [-0.15, -0.1) is 0 Å². The van der Waals surface area contributed by atoms with Gasteiger partial charge >= 0.3 is 0 Å². The molecule has 4 atom stereocenters. The van der Waals surface area contributed by atoms with E-state index in [1.807, 2.05) is 53.4 Å². The van der Waals surface area contributed by atoms with Gasteiger partial charge < -0.3 is 24.8 Å². The number of nitrogens with zero attached hydrogens (tertiary/aromatic N) is 1. The summed E-state index contributed by atoms with van der Waals surface area (Å²) < 4.78 is 10.8. The van der Waals surface area contributed by atoms with E-state index in [0.717, 1.165) is 50.1 Å². The number of aliphatic hydroxyl groups is 1. The summed E-state index contributed by atoms with van der Waals surface area (Å²) in [5.74, 6) is 2.43. The monoisotopic (exact) mass is 476 g/mol. The van der Waals surface area contributed by atoms with E-state index < -0.39 is 5.60 Å². The predicted molar refractivity (Wildman–Crippen MR) is 129 cm³/mol. The topological polar surface area (TPSA) is 88.1 Å². The van der Waals surface area contributed by atoms with Gasteiger partial charge in [-0.3, -0.25) is 9.59 Å². The molecule has 0 aromatic heterocycles. The van der Waals surface area contributed by atoms with E-state index in [4.69, 9.17) is 9.47 Å². The molecule has 6 rings (SSSR count). The highest BCUT2D eigenvalue weighted by atomic mass is 16.7. The summed E-state index contributed by atoms with van der Waals surface area (Å²) in [5, 5.41) is 14.7. The molecule has 2 aliphatic carbocycles. The van der Waals surface area contributed by atoms with Crippen LogP contribution in [0.25, 0.3) is 0 Å². The van der Waals surface area contributed by atoms with Crippen LogP contribution in [0.4, 0.5) is 0 Å². The van der Waals surface area contributed by atoms with Gasteiger partial charge in [-0.05, 0) is 53.9 Å². The van der Waals surface area contributed by atoms with Gasteiger partial charge in [0.05, 0.1) is 6.42 Å². The minimum absolute atomic E-state index is 0.0482. The number of ether oxygens (including phenoxy) is 2. The summed E-state index contributed by atoms with van der Waals surface area (Å²) in [5.41, 5.74) is 0.130. The average molecular weight is 477 g/mol. The SMILES string of the molecule is O=C(Cc1ccc2c(c1)OCO2)N1CC2[C@H](CNC(=O)C(O)(c3ccccc3)C3CCCC3)[C@H]2C1. The molecule has 1 saturated heterocycles. The smallest absolute Gasteiger partial charge is 0.256 e. The van der Waals surface area contributed by atoms with E-state index in [1.165, 1.54) is 0 Å². The lowest BCUT2D eigenvalue weighted by atomic mass is 9.79. The number of carbonyl (C=O) groups excluding carboxylic acids is 2. The van der Waals surface area contributed by atoms with Crippen molar-refractivity contribution in [3.8, 4) is 11.5 Å². The Labute approximate surface area is 205 Å². The van der Waals surface area contributed by atoms with Crippen LogP contribution in [0, 0.1) is 23.7 Å². The molecule has 184 valence electrons. The van der Waals surface area contributed by atoms with E-state index in [1.54, 1.807) is 0 Å². The third-order valence-electron chi connectivity index (χ3n) is 8.52. The summed E-state index contributed by atoms with van der Waals surface area (Å²) in [7, 11) is 0. The Morgan fingerprint density at radius 1 is 1.00 bits per heavy atom. The Morgan fingerprint density at radius 2 is 1.71 bits per heavy atom. The lowest BCUT2D eigenvalue weighted by Gasteiger charge is -2.33. The summed E-state index contributed by atoms with van der Waals surface area (Å²) >= 11 is 0. The third-order valence-corrected chi connectivity index (χ3v) is 8.52. The number of benzene rings is 2. The second kappa shape index (κ2) is 8.86. The Morgan fingerprint density at radius 3 is 2.46 bits per heavy atom. The summed E-state index contributed by atoms with van der Waals surface area (Å²) in [6.45, 7) is 2.25. The third kappa shape index (κ3) is 4.05. The molecule has 35 heavy (non-hydrogen) atoms. The van der Waals surface area contributed by atoms with Crippen LogP contribution in [0.3, 0.4) is 0 Å². The van der Waals surface area contributed by atoms with Gasteiger partial charge in [0, 0.05) is 25.6 Å². The fraction of sp³-hybridized carbons (Fsp3) is 0.500. The summed E-state index contributed by atoms with van der Waals surface area (Å²) in [4.78, 5) is 28.1. The Hall–Kier alpha value is -3.06. The van der Waals surface area contributed by atoms with Crippen LogP contribution in [-0.4, -0.2) is 48.2 Å². The molecule has 2 unspecified atom stereocenters. The first-order valence-corrected chi connectivity index (χ1v) is 12.8. The van der Waals surface area contributed by atoms with Gasteiger partial charge in [0.15, 0.2) is 17.1 Å². The molecule has 4 aliphatic rings. The fourth-order valence-corrected chi connectivity index (χ4v) is 6.43. The van der Waals surface area contributed by atoms with Gasteiger partial charge in [-0.25, -0.2) is 0 Å². The maximum absolute atomic E-state index is 13.3. The summed E-state index contributed by atoms with van der Waals surface area (Å²) in [6.07, 6.45) is 4.19. The van der Waals surface area contributed by atoms with Gasteiger partial charge in [-0.1, -0.05) is 49.2 Å². The minimum Gasteiger partial charge on any atom is -0.454 e. The quantitative estimate of drug-likeness (QED) is 0.642. The van der Waals surface area contributed by atoms with Crippen LogP contribution >= 0.6 is 0 Å². The van der Waals surface area contributed by atoms with Gasteiger partial charge in [0.1, 0.15) is 0 Å². The van der Waals surface area contributed by atoms with Crippen molar-refractivity contribution < 1.29 is 24.2 Å². The number of likely N-dealkylation sites (tertiary alicyclic amines) is 1. The number of nitrogens with one attached hydrogen (secondary N) is 1. The van der Waals surface area contributed by atoms with Crippen molar-refractivity contribution >= 4 is 11.8 Å². The minimum atomic E-state index is -1.48. The molecule has 2 heterocycles. The Bertz CT molecular complexity index is 1100. The molecule has 2 amide bonds. The molecule has 2 aliphatic heterocycles. The Kier molecular flexibility index (Phi) is 5.67. The van der Waals surface area contributed by atoms with Crippen LogP contribution in [0.5, 0.6) is 11.5 Å². The van der Waals surface area contributed by atoms with Crippen molar-refractivity contribution in [3.05, 3.63) is 59.7 Å². The molecule has 7 nitrogen and oxygen atoms in total. The number of fused-ring (bicyclic) bond motifs is 2. The largest absolute Gasteiger partial charge is 0.454 e. The van der Waals surface area contributed by atoms with Crippen LogP contribution < -0.4 is 14.8 Å². The van der Waals surface area contributed by atoms with E-state index in [2.05, 4.69) is 5.32 Å². The van der Waals surface area contributed by atoms with E-state index >= 15 is 0 Å². The normalized spacial score (nSPS) is 26.3. The predicted octanol–water partition coefficient (Wildman–Crippen LogP) is 2.86. The van der Waals surface area contributed by atoms with Crippen molar-refractivity contribution in [2.45, 2.75) is 37.7 Å². The second-order valence-electron chi connectivity index (χ2n) is 10.5. The lowest BCUT2D eigenvalue weighted by molar-refractivity contribution is -0.147. The molecular weight excluding hydrogens is 444 g/mol. The van der Waals surface area contributed by atoms with Crippen molar-refractivity contribution in [2.24, 2.45) is 23.7 Å². The molecule has 0 bridgehead atoms. The van der Waals surface area contributed by atoms with Crippen LogP contribution in [-0.2, 0) is 21.6 Å². The van der Waals surface area contributed by atoms with E-state index in [9.17, 15) is 14.7 Å². The van der Waals surface area contributed by atoms with Crippen molar-refractivity contribution in [1.82, 2.24) is 10.2 Å². The zero-order valence-corrected chi connectivity index (χ0v) is 19.8. The van der Waals surface area contributed by atoms with Crippen molar-refractivity contribution in [2.75, 3.05) is 26.4 Å². The highest BCUT2D eigenvalue weighted by Gasteiger charge is 2.57. The average Bonchev–Trinajstić information content (AvgIpc) is 3.43.